The molecular weight excluding hydrogens is 308 g/mol. The minimum absolute atomic E-state index is 0.0201. The first kappa shape index (κ1) is 16.9. The quantitative estimate of drug-likeness (QED) is 0.758. The van der Waals surface area contributed by atoms with Crippen LogP contribution in [0.5, 0.6) is 0 Å². The van der Waals surface area contributed by atoms with Crippen LogP contribution in [-0.2, 0) is 20.9 Å². The van der Waals surface area contributed by atoms with Crippen LogP contribution in [-0.4, -0.2) is 84.0 Å². The minimum atomic E-state index is -0.0617. The fourth-order valence-electron chi connectivity index (χ4n) is 3.40. The molecule has 0 N–H and O–H groups in total. The van der Waals surface area contributed by atoms with Gasteiger partial charge in [-0.3, -0.25) is 19.5 Å². The van der Waals surface area contributed by atoms with Crippen molar-refractivity contribution in [3.8, 4) is 0 Å². The normalized spacial score (nSPS) is 22.2. The smallest absolute Gasteiger partial charge is 0.248 e. The van der Waals surface area contributed by atoms with E-state index < -0.39 is 0 Å². The second-order valence-electron chi connectivity index (χ2n) is 6.24. The third-order valence-electron chi connectivity index (χ3n) is 4.72. The van der Waals surface area contributed by atoms with Crippen LogP contribution in [0, 0.1) is 0 Å². The molecule has 0 aromatic carbocycles. The van der Waals surface area contributed by atoms with Crippen molar-refractivity contribution < 1.29 is 14.3 Å². The van der Waals surface area contributed by atoms with Crippen molar-refractivity contribution in [3.05, 3.63) is 30.1 Å². The molecule has 7 heteroatoms. The number of amides is 2. The lowest BCUT2D eigenvalue weighted by molar-refractivity contribution is -0.138. The van der Waals surface area contributed by atoms with E-state index in [9.17, 15) is 9.59 Å². The maximum Gasteiger partial charge on any atom is 0.248 e. The molecule has 3 rings (SSSR count). The predicted molar refractivity (Wildman–Crippen MR) is 88.1 cm³/mol. The van der Waals surface area contributed by atoms with E-state index in [1.807, 2.05) is 28.0 Å². The summed E-state index contributed by atoms with van der Waals surface area (Å²) in [5.74, 6) is 0.198. The molecule has 2 saturated heterocycles. The molecule has 2 amide bonds. The zero-order valence-electron chi connectivity index (χ0n) is 14.1. The summed E-state index contributed by atoms with van der Waals surface area (Å²) in [6.07, 6.45) is 2.60. The molecule has 1 unspecified atom stereocenters. The molecule has 24 heavy (non-hydrogen) atoms. The summed E-state index contributed by atoms with van der Waals surface area (Å²) in [6.45, 7) is 4.26. The van der Waals surface area contributed by atoms with E-state index in [0.717, 1.165) is 31.7 Å². The van der Waals surface area contributed by atoms with Crippen LogP contribution in [0.25, 0.3) is 0 Å². The number of aromatic nitrogens is 1. The van der Waals surface area contributed by atoms with Gasteiger partial charge in [0.1, 0.15) is 6.61 Å². The highest BCUT2D eigenvalue weighted by molar-refractivity contribution is 5.84. The zero-order valence-corrected chi connectivity index (χ0v) is 14.1. The number of methoxy groups -OCH3 is 1. The largest absolute Gasteiger partial charge is 0.375 e. The van der Waals surface area contributed by atoms with Gasteiger partial charge in [0.2, 0.25) is 11.8 Å². The van der Waals surface area contributed by atoms with Crippen molar-refractivity contribution in [2.24, 2.45) is 0 Å². The zero-order chi connectivity index (χ0) is 16.9. The van der Waals surface area contributed by atoms with Crippen molar-refractivity contribution in [1.82, 2.24) is 19.7 Å². The van der Waals surface area contributed by atoms with Crippen LogP contribution >= 0.6 is 0 Å². The summed E-state index contributed by atoms with van der Waals surface area (Å²) in [5.41, 5.74) is 0.918. The number of rotatable bonds is 5. The van der Waals surface area contributed by atoms with Crippen LogP contribution < -0.4 is 0 Å². The number of hydrogen-bond donors (Lipinski definition) is 0. The summed E-state index contributed by atoms with van der Waals surface area (Å²) in [6, 6.07) is 5.70. The summed E-state index contributed by atoms with van der Waals surface area (Å²) < 4.78 is 4.90. The van der Waals surface area contributed by atoms with Gasteiger partial charge in [-0.05, 0) is 18.6 Å². The molecule has 0 bridgehead atoms. The molecule has 2 aliphatic rings. The predicted octanol–water partition coefficient (Wildman–Crippen LogP) is -0.0269. The van der Waals surface area contributed by atoms with Crippen LogP contribution in [0.3, 0.4) is 0 Å². The molecule has 1 atom stereocenters. The Morgan fingerprint density at radius 1 is 1.25 bits per heavy atom. The molecule has 2 fully saturated rings. The van der Waals surface area contributed by atoms with Crippen LogP contribution in [0.4, 0.5) is 0 Å². The molecule has 2 aliphatic heterocycles. The van der Waals surface area contributed by atoms with Gasteiger partial charge in [0, 0.05) is 46.0 Å². The van der Waals surface area contributed by atoms with E-state index >= 15 is 0 Å². The van der Waals surface area contributed by atoms with E-state index in [0.29, 0.717) is 19.6 Å². The Kier molecular flexibility index (Phi) is 5.42. The molecule has 0 saturated carbocycles. The molecule has 130 valence electrons. The highest BCUT2D eigenvalue weighted by Gasteiger charge is 2.37. The molecule has 3 heterocycles. The summed E-state index contributed by atoms with van der Waals surface area (Å²) in [4.78, 5) is 34.7. The Labute approximate surface area is 142 Å². The molecule has 0 radical (unpaired) electrons. The van der Waals surface area contributed by atoms with Gasteiger partial charge >= 0.3 is 0 Å². The minimum Gasteiger partial charge on any atom is -0.375 e. The Morgan fingerprint density at radius 2 is 2.04 bits per heavy atom. The van der Waals surface area contributed by atoms with Crippen molar-refractivity contribution in [1.29, 1.82) is 0 Å². The Balaban J connectivity index is 1.52. The van der Waals surface area contributed by atoms with Gasteiger partial charge in [-0.15, -0.1) is 0 Å². The number of ether oxygens (including phenoxy) is 1. The van der Waals surface area contributed by atoms with Gasteiger partial charge in [0.05, 0.1) is 18.3 Å². The SMILES string of the molecule is COCC(=O)N1CCN(C2CCN(Cc3ccccn3)C2=O)CC1. The lowest BCUT2D eigenvalue weighted by atomic mass is 10.2. The highest BCUT2D eigenvalue weighted by Crippen LogP contribution is 2.20. The molecular formula is C17H24N4O3. The van der Waals surface area contributed by atoms with Gasteiger partial charge in [-0.2, -0.15) is 0 Å². The number of pyridine rings is 1. The fourth-order valence-corrected chi connectivity index (χ4v) is 3.40. The van der Waals surface area contributed by atoms with Crippen molar-refractivity contribution in [2.45, 2.75) is 19.0 Å². The third kappa shape index (κ3) is 3.73. The van der Waals surface area contributed by atoms with Crippen LogP contribution in [0.2, 0.25) is 0 Å². The maximum absolute atomic E-state index is 12.7. The number of likely N-dealkylation sites (tertiary alicyclic amines) is 1. The van der Waals surface area contributed by atoms with Gasteiger partial charge in [0.15, 0.2) is 0 Å². The number of carbonyl (C=O) groups is 2. The van der Waals surface area contributed by atoms with E-state index in [1.54, 1.807) is 6.20 Å². The van der Waals surface area contributed by atoms with E-state index in [2.05, 4.69) is 9.88 Å². The molecule has 0 aliphatic carbocycles. The standard InChI is InChI=1S/C17H24N4O3/c1-24-13-16(22)20-10-8-19(9-11-20)15-5-7-21(17(15)23)12-14-4-2-3-6-18-14/h2-4,6,15H,5,7-13H2,1H3. The highest BCUT2D eigenvalue weighted by atomic mass is 16.5. The second kappa shape index (κ2) is 7.72. The average molecular weight is 332 g/mol. The lowest BCUT2D eigenvalue weighted by Gasteiger charge is -2.37. The fraction of sp³-hybridized carbons (Fsp3) is 0.588. The second-order valence-corrected chi connectivity index (χ2v) is 6.24. The summed E-state index contributed by atoms with van der Waals surface area (Å²) in [5, 5.41) is 0. The third-order valence-corrected chi connectivity index (χ3v) is 4.72. The van der Waals surface area contributed by atoms with Crippen molar-refractivity contribution >= 4 is 11.8 Å². The van der Waals surface area contributed by atoms with Crippen molar-refractivity contribution in [3.63, 3.8) is 0 Å². The van der Waals surface area contributed by atoms with Crippen LogP contribution in [0.1, 0.15) is 12.1 Å². The van der Waals surface area contributed by atoms with E-state index in [1.165, 1.54) is 7.11 Å². The van der Waals surface area contributed by atoms with E-state index in [4.69, 9.17) is 4.74 Å². The lowest BCUT2D eigenvalue weighted by Crippen LogP contribution is -2.54. The Morgan fingerprint density at radius 3 is 2.71 bits per heavy atom. The number of hydrogen-bond acceptors (Lipinski definition) is 5. The van der Waals surface area contributed by atoms with Gasteiger partial charge < -0.3 is 14.5 Å². The number of piperazine rings is 1. The molecule has 1 aromatic heterocycles. The van der Waals surface area contributed by atoms with E-state index in [-0.39, 0.29) is 24.5 Å². The summed E-state index contributed by atoms with van der Waals surface area (Å²) >= 11 is 0. The van der Waals surface area contributed by atoms with Gasteiger partial charge in [-0.25, -0.2) is 0 Å². The topological polar surface area (TPSA) is 66.0 Å². The Hall–Kier alpha value is -1.99. The first-order valence-corrected chi connectivity index (χ1v) is 8.38. The number of nitrogens with zero attached hydrogens (tertiary/aromatic N) is 4. The molecule has 0 spiro atoms. The molecule has 7 nitrogen and oxygen atoms in total. The number of carbonyl (C=O) groups excluding carboxylic acids is 2. The first-order valence-electron chi connectivity index (χ1n) is 8.38. The monoisotopic (exact) mass is 332 g/mol. The Bertz CT molecular complexity index is 572. The van der Waals surface area contributed by atoms with Gasteiger partial charge in [-0.1, -0.05) is 6.07 Å². The summed E-state index contributed by atoms with van der Waals surface area (Å²) in [7, 11) is 1.53. The molecule has 1 aromatic rings. The van der Waals surface area contributed by atoms with Crippen LogP contribution in [0.15, 0.2) is 24.4 Å². The first-order chi connectivity index (χ1) is 11.7. The van der Waals surface area contributed by atoms with Gasteiger partial charge in [0.25, 0.3) is 0 Å². The maximum atomic E-state index is 12.7. The average Bonchev–Trinajstić information content (AvgIpc) is 2.97. The van der Waals surface area contributed by atoms with Crippen molar-refractivity contribution in [2.75, 3.05) is 46.4 Å².